The van der Waals surface area contributed by atoms with Crippen LogP contribution in [0.25, 0.3) is 5.78 Å². The molecule has 186 valence electrons. The number of benzene rings is 1. The number of nitrogens with zero attached hydrogens (tertiary/aromatic N) is 6. The minimum absolute atomic E-state index is 0.186. The minimum Gasteiger partial charge on any atom is -0.380 e. The molecule has 1 aromatic carbocycles. The number of anilines is 1. The fourth-order valence-electron chi connectivity index (χ4n) is 3.63. The summed E-state index contributed by atoms with van der Waals surface area (Å²) in [6.07, 6.45) is 5.22. The summed E-state index contributed by atoms with van der Waals surface area (Å²) in [6.45, 7) is 3.10. The molecule has 13 heteroatoms. The zero-order chi connectivity index (χ0) is 25.0. The quantitative estimate of drug-likeness (QED) is 0.466. The van der Waals surface area contributed by atoms with E-state index in [-0.39, 0.29) is 24.4 Å². The number of ether oxygens (including phenoxy) is 1. The normalized spacial score (nSPS) is 14.1. The van der Waals surface area contributed by atoms with Crippen LogP contribution in [0.4, 0.5) is 18.9 Å². The van der Waals surface area contributed by atoms with E-state index >= 15 is 0 Å². The third-order valence-corrected chi connectivity index (χ3v) is 5.95. The van der Waals surface area contributed by atoms with Crippen molar-refractivity contribution < 1.29 is 22.7 Å². The Morgan fingerprint density at radius 1 is 1.20 bits per heavy atom. The topological polar surface area (TPSA) is 87.4 Å². The van der Waals surface area contributed by atoms with E-state index in [9.17, 15) is 18.0 Å². The fraction of sp³-hybridized carbons (Fsp3) is 0.364. The lowest BCUT2D eigenvalue weighted by molar-refractivity contribution is -0.0351. The van der Waals surface area contributed by atoms with E-state index in [0.29, 0.717) is 43.3 Å². The number of nitrogens with one attached hydrogen (secondary N) is 1. The summed E-state index contributed by atoms with van der Waals surface area (Å²) in [4.78, 5) is 21.8. The number of carbonyl (C=O) groups is 1. The number of hydrazone groups is 1. The van der Waals surface area contributed by atoms with Crippen LogP contribution in [-0.4, -0.2) is 56.6 Å². The van der Waals surface area contributed by atoms with Gasteiger partial charge in [0.1, 0.15) is 12.0 Å². The number of aromatic nitrogens is 3. The molecule has 3 aromatic rings. The number of alkyl halides is 3. The number of amides is 1. The van der Waals surface area contributed by atoms with Crippen molar-refractivity contribution in [3.05, 3.63) is 59.2 Å². The van der Waals surface area contributed by atoms with E-state index in [1.807, 2.05) is 31.2 Å². The lowest BCUT2D eigenvalue weighted by atomic mass is 10.2. The molecule has 35 heavy (non-hydrogen) atoms. The Labute approximate surface area is 204 Å². The second-order valence-electron chi connectivity index (χ2n) is 7.71. The number of halogens is 3. The number of hydrogen-bond donors (Lipinski definition) is 1. The molecule has 1 aliphatic heterocycles. The second kappa shape index (κ2) is 10.5. The van der Waals surface area contributed by atoms with Crippen molar-refractivity contribution in [2.24, 2.45) is 5.10 Å². The Morgan fingerprint density at radius 3 is 2.60 bits per heavy atom. The van der Waals surface area contributed by atoms with E-state index < -0.39 is 5.51 Å². The molecule has 0 spiro atoms. The number of carbonyl (C=O) groups excluding carboxylic acids is 1. The third kappa shape index (κ3) is 6.03. The average Bonchev–Trinajstić information content (AvgIpc) is 3.21. The first-order valence-electron chi connectivity index (χ1n) is 10.8. The summed E-state index contributed by atoms with van der Waals surface area (Å²) in [7, 11) is 1.59. The molecule has 0 radical (unpaired) electrons. The standard InChI is InChI=1S/C22H24F3N7O2S/c1-3-18-19(31-12-16(13-34-2)11-27-21(31)29-18)20(33)26-10-15-4-6-17(7-5-15)32-9-8-30(14-28-32)35-22(23,24)25/h4-7,11-12,14H,3,8-10,13H2,1-2H3,(H,26,33). The van der Waals surface area contributed by atoms with E-state index in [0.717, 1.165) is 21.1 Å². The number of hydrogen-bond acceptors (Lipinski definition) is 8. The number of aryl methyl sites for hydroxylation is 1. The van der Waals surface area contributed by atoms with Crippen LogP contribution in [0.15, 0.2) is 41.8 Å². The van der Waals surface area contributed by atoms with Gasteiger partial charge in [0.05, 0.1) is 43.0 Å². The van der Waals surface area contributed by atoms with Gasteiger partial charge in [0, 0.05) is 31.6 Å². The van der Waals surface area contributed by atoms with Gasteiger partial charge in [0.2, 0.25) is 5.78 Å². The Kier molecular flexibility index (Phi) is 7.45. The highest BCUT2D eigenvalue weighted by atomic mass is 32.2. The predicted molar refractivity (Wildman–Crippen MR) is 127 cm³/mol. The summed E-state index contributed by atoms with van der Waals surface area (Å²) in [6, 6.07) is 7.32. The zero-order valence-corrected chi connectivity index (χ0v) is 19.9. The summed E-state index contributed by atoms with van der Waals surface area (Å²) < 4.78 is 45.4. The minimum atomic E-state index is -4.34. The van der Waals surface area contributed by atoms with Gasteiger partial charge >= 0.3 is 5.51 Å². The maximum Gasteiger partial charge on any atom is 0.461 e. The van der Waals surface area contributed by atoms with E-state index in [1.165, 1.54) is 6.34 Å². The molecular formula is C22H24F3N7O2S. The number of rotatable bonds is 8. The Morgan fingerprint density at radius 2 is 1.97 bits per heavy atom. The number of methoxy groups -OCH3 is 1. The monoisotopic (exact) mass is 507 g/mol. The highest BCUT2D eigenvalue weighted by Crippen LogP contribution is 2.33. The molecule has 0 saturated heterocycles. The van der Waals surface area contributed by atoms with Crippen molar-refractivity contribution in [1.82, 2.24) is 24.0 Å². The largest absolute Gasteiger partial charge is 0.461 e. The molecule has 4 rings (SSSR count). The molecule has 0 fully saturated rings. The lowest BCUT2D eigenvalue weighted by Gasteiger charge is -2.29. The van der Waals surface area contributed by atoms with Crippen LogP contribution >= 0.6 is 11.9 Å². The smallest absolute Gasteiger partial charge is 0.380 e. The van der Waals surface area contributed by atoms with Crippen LogP contribution in [0.1, 0.15) is 34.2 Å². The average molecular weight is 508 g/mol. The molecular weight excluding hydrogens is 483 g/mol. The van der Waals surface area contributed by atoms with Gasteiger partial charge in [0.15, 0.2) is 0 Å². The zero-order valence-electron chi connectivity index (χ0n) is 19.1. The molecule has 0 atom stereocenters. The van der Waals surface area contributed by atoms with Gasteiger partial charge in [0.25, 0.3) is 5.91 Å². The summed E-state index contributed by atoms with van der Waals surface area (Å²) in [5, 5.41) is 8.65. The highest BCUT2D eigenvalue weighted by molar-refractivity contribution is 7.98. The fourth-order valence-corrected chi connectivity index (χ4v) is 4.15. The first-order chi connectivity index (χ1) is 16.8. The molecule has 1 aliphatic rings. The van der Waals surface area contributed by atoms with Crippen LogP contribution in [0, 0.1) is 0 Å². The lowest BCUT2D eigenvalue weighted by Crippen LogP contribution is -2.35. The van der Waals surface area contributed by atoms with Crippen LogP contribution in [0.5, 0.6) is 0 Å². The van der Waals surface area contributed by atoms with Crippen LogP contribution in [-0.2, 0) is 24.3 Å². The Balaban J connectivity index is 1.41. The van der Waals surface area contributed by atoms with Gasteiger partial charge in [-0.3, -0.25) is 18.5 Å². The number of imidazole rings is 1. The third-order valence-electron chi connectivity index (χ3n) is 5.23. The molecule has 1 amide bonds. The van der Waals surface area contributed by atoms with Crippen molar-refractivity contribution in [3.8, 4) is 0 Å². The Hall–Kier alpha value is -3.32. The molecule has 1 N–H and O–H groups in total. The van der Waals surface area contributed by atoms with E-state index in [2.05, 4.69) is 20.4 Å². The van der Waals surface area contributed by atoms with Crippen molar-refractivity contribution in [2.75, 3.05) is 25.2 Å². The van der Waals surface area contributed by atoms with Crippen LogP contribution in [0.2, 0.25) is 0 Å². The molecule has 0 aliphatic carbocycles. The van der Waals surface area contributed by atoms with Gasteiger partial charge in [-0.2, -0.15) is 18.3 Å². The summed E-state index contributed by atoms with van der Waals surface area (Å²) in [5.41, 5.74) is -0.814. The SMILES string of the molecule is CCc1nc2ncc(COC)cn2c1C(=O)NCc1ccc(N2CCN(SC(F)(F)F)C=N2)cc1. The molecule has 0 bridgehead atoms. The van der Waals surface area contributed by atoms with Gasteiger partial charge in [-0.25, -0.2) is 9.97 Å². The first-order valence-corrected chi connectivity index (χ1v) is 11.6. The van der Waals surface area contributed by atoms with Gasteiger partial charge < -0.3 is 10.1 Å². The van der Waals surface area contributed by atoms with Crippen molar-refractivity contribution in [3.63, 3.8) is 0 Å². The maximum atomic E-state index is 13.0. The molecule has 0 saturated carbocycles. The van der Waals surface area contributed by atoms with Gasteiger partial charge in [-0.1, -0.05) is 19.1 Å². The van der Waals surface area contributed by atoms with Crippen molar-refractivity contribution in [1.29, 1.82) is 0 Å². The summed E-state index contributed by atoms with van der Waals surface area (Å²) >= 11 is -0.208. The van der Waals surface area contributed by atoms with Crippen LogP contribution < -0.4 is 10.3 Å². The van der Waals surface area contributed by atoms with Crippen LogP contribution in [0.3, 0.4) is 0 Å². The molecule has 3 heterocycles. The van der Waals surface area contributed by atoms with E-state index in [4.69, 9.17) is 4.74 Å². The highest BCUT2D eigenvalue weighted by Gasteiger charge is 2.33. The predicted octanol–water partition coefficient (Wildman–Crippen LogP) is 3.60. The van der Waals surface area contributed by atoms with Crippen molar-refractivity contribution in [2.45, 2.75) is 32.0 Å². The number of fused-ring (bicyclic) bond motifs is 1. The molecule has 2 aromatic heterocycles. The van der Waals surface area contributed by atoms with Gasteiger partial charge in [-0.05, 0) is 24.1 Å². The van der Waals surface area contributed by atoms with Crippen molar-refractivity contribution >= 4 is 35.7 Å². The summed E-state index contributed by atoms with van der Waals surface area (Å²) in [5.74, 6) is 0.183. The maximum absolute atomic E-state index is 13.0. The molecule has 9 nitrogen and oxygen atoms in total. The first kappa shape index (κ1) is 24.8. The van der Waals surface area contributed by atoms with E-state index in [1.54, 1.807) is 28.9 Å². The second-order valence-corrected chi connectivity index (χ2v) is 8.82. The van der Waals surface area contributed by atoms with Gasteiger partial charge in [-0.15, -0.1) is 0 Å². The molecule has 0 unspecified atom stereocenters. The Bertz CT molecular complexity index is 1210.